The Bertz CT molecular complexity index is 605. The maximum Gasteiger partial charge on any atom is 0.253 e. The van der Waals surface area contributed by atoms with E-state index in [1.165, 1.54) is 6.07 Å². The number of nitrogens with zero attached hydrogens (tertiary/aromatic N) is 1. The van der Waals surface area contributed by atoms with E-state index in [2.05, 4.69) is 15.9 Å². The second kappa shape index (κ2) is 4.75. The van der Waals surface area contributed by atoms with Gasteiger partial charge in [-0.15, -0.1) is 0 Å². The number of hydrogen-bond donors (Lipinski definition) is 1. The van der Waals surface area contributed by atoms with E-state index in [0.29, 0.717) is 12.2 Å². The van der Waals surface area contributed by atoms with Crippen molar-refractivity contribution in [2.45, 2.75) is 13.5 Å². The van der Waals surface area contributed by atoms with Crippen molar-refractivity contribution in [3.8, 4) is 11.3 Å². The third kappa shape index (κ3) is 2.26. The number of nitrogens with two attached hydrogens (primary N) is 1. The lowest BCUT2D eigenvalue weighted by atomic mass is 10.1. The van der Waals surface area contributed by atoms with Crippen LogP contribution in [-0.2, 0) is 6.54 Å². The molecule has 0 aliphatic rings. The number of pyridine rings is 1. The van der Waals surface area contributed by atoms with Gasteiger partial charge in [0.15, 0.2) is 0 Å². The van der Waals surface area contributed by atoms with E-state index in [1.807, 2.05) is 37.3 Å². The predicted octanol–water partition coefficient (Wildman–Crippen LogP) is 2.88. The fraction of sp³-hybridized carbons (Fsp3) is 0.154. The van der Waals surface area contributed by atoms with Crippen molar-refractivity contribution in [2.24, 2.45) is 0 Å². The molecule has 1 heterocycles. The van der Waals surface area contributed by atoms with Crippen molar-refractivity contribution in [3.05, 3.63) is 51.2 Å². The topological polar surface area (TPSA) is 48.0 Å². The van der Waals surface area contributed by atoms with Crippen molar-refractivity contribution >= 4 is 21.6 Å². The van der Waals surface area contributed by atoms with Crippen LogP contribution in [0.5, 0.6) is 0 Å². The van der Waals surface area contributed by atoms with Crippen LogP contribution in [0.15, 0.2) is 45.7 Å². The summed E-state index contributed by atoms with van der Waals surface area (Å²) in [4.78, 5) is 11.8. The molecule has 2 rings (SSSR count). The van der Waals surface area contributed by atoms with E-state index in [0.717, 1.165) is 15.7 Å². The van der Waals surface area contributed by atoms with Gasteiger partial charge in [-0.3, -0.25) is 4.79 Å². The van der Waals surface area contributed by atoms with Gasteiger partial charge in [0.1, 0.15) is 0 Å². The average molecular weight is 293 g/mol. The third-order valence-corrected chi connectivity index (χ3v) is 3.31. The zero-order valence-corrected chi connectivity index (χ0v) is 11.1. The average Bonchev–Trinajstić information content (AvgIpc) is 2.28. The Kier molecular flexibility index (Phi) is 3.33. The van der Waals surface area contributed by atoms with Crippen molar-refractivity contribution in [3.63, 3.8) is 0 Å². The Morgan fingerprint density at radius 3 is 2.65 bits per heavy atom. The summed E-state index contributed by atoms with van der Waals surface area (Å²) < 4.78 is 2.66. The van der Waals surface area contributed by atoms with Gasteiger partial charge in [-0.2, -0.15) is 0 Å². The maximum atomic E-state index is 11.8. The van der Waals surface area contributed by atoms with Crippen LogP contribution < -0.4 is 11.3 Å². The first kappa shape index (κ1) is 11.9. The van der Waals surface area contributed by atoms with Gasteiger partial charge in [-0.1, -0.05) is 34.1 Å². The Morgan fingerprint density at radius 2 is 2.00 bits per heavy atom. The molecule has 3 nitrogen and oxygen atoms in total. The second-order valence-corrected chi connectivity index (χ2v) is 4.59. The van der Waals surface area contributed by atoms with Crippen LogP contribution in [0, 0.1) is 0 Å². The zero-order valence-electron chi connectivity index (χ0n) is 9.48. The summed E-state index contributed by atoms with van der Waals surface area (Å²) in [6.07, 6.45) is 0. The molecule has 0 amide bonds. The summed E-state index contributed by atoms with van der Waals surface area (Å²) in [5, 5.41) is 0. The van der Waals surface area contributed by atoms with Gasteiger partial charge in [-0.05, 0) is 19.1 Å². The van der Waals surface area contributed by atoms with Crippen LogP contribution in [-0.4, -0.2) is 4.57 Å². The van der Waals surface area contributed by atoms with Crippen LogP contribution in [0.25, 0.3) is 11.3 Å². The maximum absolute atomic E-state index is 11.8. The largest absolute Gasteiger partial charge is 0.399 e. The number of halogens is 1. The number of rotatable bonds is 2. The first-order valence-electron chi connectivity index (χ1n) is 5.38. The predicted molar refractivity (Wildman–Crippen MR) is 73.9 cm³/mol. The van der Waals surface area contributed by atoms with Crippen molar-refractivity contribution < 1.29 is 0 Å². The summed E-state index contributed by atoms with van der Waals surface area (Å²) in [6, 6.07) is 11.1. The SMILES string of the molecule is CCn1c(-c2ccccc2Br)cc(N)cc1=O. The van der Waals surface area contributed by atoms with E-state index in [9.17, 15) is 4.79 Å². The number of anilines is 1. The van der Waals surface area contributed by atoms with Crippen LogP contribution >= 0.6 is 15.9 Å². The molecule has 0 saturated carbocycles. The van der Waals surface area contributed by atoms with Crippen LogP contribution in [0.3, 0.4) is 0 Å². The quantitative estimate of drug-likeness (QED) is 0.925. The normalized spacial score (nSPS) is 10.5. The summed E-state index contributed by atoms with van der Waals surface area (Å²) >= 11 is 3.49. The highest BCUT2D eigenvalue weighted by Crippen LogP contribution is 2.28. The lowest BCUT2D eigenvalue weighted by molar-refractivity contribution is 0.736. The minimum absolute atomic E-state index is 0.0711. The smallest absolute Gasteiger partial charge is 0.253 e. The molecule has 0 unspecified atom stereocenters. The Labute approximate surface area is 108 Å². The summed E-state index contributed by atoms with van der Waals surface area (Å²) in [7, 11) is 0. The molecule has 0 fully saturated rings. The molecule has 0 bridgehead atoms. The molecule has 0 saturated heterocycles. The van der Waals surface area contributed by atoms with Gasteiger partial charge in [0.05, 0.1) is 5.69 Å². The molecule has 1 aromatic carbocycles. The molecule has 0 aliphatic carbocycles. The molecule has 17 heavy (non-hydrogen) atoms. The summed E-state index contributed by atoms with van der Waals surface area (Å²) in [5.74, 6) is 0. The number of hydrogen-bond acceptors (Lipinski definition) is 2. The molecular weight excluding hydrogens is 280 g/mol. The van der Waals surface area contributed by atoms with E-state index in [-0.39, 0.29) is 5.56 Å². The lowest BCUT2D eigenvalue weighted by Crippen LogP contribution is -2.20. The lowest BCUT2D eigenvalue weighted by Gasteiger charge is -2.13. The molecular formula is C13H13BrN2O. The van der Waals surface area contributed by atoms with Gasteiger partial charge < -0.3 is 10.3 Å². The third-order valence-electron chi connectivity index (χ3n) is 2.62. The van der Waals surface area contributed by atoms with Gasteiger partial charge in [-0.25, -0.2) is 0 Å². The molecule has 4 heteroatoms. The monoisotopic (exact) mass is 292 g/mol. The van der Waals surface area contributed by atoms with E-state index in [4.69, 9.17) is 5.73 Å². The first-order valence-corrected chi connectivity index (χ1v) is 6.18. The Balaban J connectivity index is 2.75. The highest BCUT2D eigenvalue weighted by molar-refractivity contribution is 9.10. The summed E-state index contributed by atoms with van der Waals surface area (Å²) in [6.45, 7) is 2.56. The highest BCUT2D eigenvalue weighted by Gasteiger charge is 2.09. The standard InChI is InChI=1S/C13H13BrN2O/c1-2-16-12(7-9(15)8-13(16)17)10-5-3-4-6-11(10)14/h3-8H,2,15H2,1H3. The van der Waals surface area contributed by atoms with Crippen LogP contribution in [0.4, 0.5) is 5.69 Å². The minimum atomic E-state index is -0.0711. The fourth-order valence-electron chi connectivity index (χ4n) is 1.83. The van der Waals surface area contributed by atoms with Crippen molar-refractivity contribution in [1.82, 2.24) is 4.57 Å². The molecule has 0 spiro atoms. The first-order chi connectivity index (χ1) is 8.13. The molecule has 1 aromatic heterocycles. The second-order valence-electron chi connectivity index (χ2n) is 3.74. The number of nitrogen functional groups attached to an aromatic ring is 1. The fourth-order valence-corrected chi connectivity index (χ4v) is 2.32. The van der Waals surface area contributed by atoms with Crippen LogP contribution in [0.1, 0.15) is 6.92 Å². The zero-order chi connectivity index (χ0) is 12.4. The van der Waals surface area contributed by atoms with Gasteiger partial charge in [0.2, 0.25) is 0 Å². The number of benzene rings is 1. The van der Waals surface area contributed by atoms with Crippen molar-refractivity contribution in [1.29, 1.82) is 0 Å². The molecule has 2 aromatic rings. The van der Waals surface area contributed by atoms with E-state index < -0.39 is 0 Å². The molecule has 88 valence electrons. The minimum Gasteiger partial charge on any atom is -0.399 e. The van der Waals surface area contributed by atoms with Gasteiger partial charge in [0.25, 0.3) is 5.56 Å². The Hall–Kier alpha value is -1.55. The number of aromatic nitrogens is 1. The molecule has 0 radical (unpaired) electrons. The van der Waals surface area contributed by atoms with E-state index >= 15 is 0 Å². The van der Waals surface area contributed by atoms with Crippen molar-refractivity contribution in [2.75, 3.05) is 5.73 Å². The summed E-state index contributed by atoms with van der Waals surface area (Å²) in [5.41, 5.74) is 7.97. The van der Waals surface area contributed by atoms with Crippen LogP contribution in [0.2, 0.25) is 0 Å². The molecule has 0 atom stereocenters. The molecule has 0 aliphatic heterocycles. The van der Waals surface area contributed by atoms with Gasteiger partial charge >= 0.3 is 0 Å². The van der Waals surface area contributed by atoms with Gasteiger partial charge in [0, 0.05) is 28.3 Å². The van der Waals surface area contributed by atoms with E-state index in [1.54, 1.807) is 4.57 Å². The molecule has 2 N–H and O–H groups in total. The Morgan fingerprint density at radius 1 is 1.29 bits per heavy atom. The highest BCUT2D eigenvalue weighted by atomic mass is 79.9.